The first-order valence-corrected chi connectivity index (χ1v) is 6.79. The Morgan fingerprint density at radius 3 is 2.53 bits per heavy atom. The lowest BCUT2D eigenvalue weighted by Crippen LogP contribution is -2.51. The second-order valence-corrected chi connectivity index (χ2v) is 5.24. The van der Waals surface area contributed by atoms with Crippen molar-refractivity contribution in [2.75, 3.05) is 18.6 Å². The number of carbonyl (C=O) groups excluding carboxylic acids is 1. The van der Waals surface area contributed by atoms with Crippen molar-refractivity contribution < 1.29 is 4.79 Å². The molecule has 0 spiro atoms. The molecule has 90 valence electrons. The molecule has 0 aromatic rings. The van der Waals surface area contributed by atoms with Crippen molar-refractivity contribution in [1.29, 1.82) is 0 Å². The monoisotopic (exact) mass is 232 g/mol. The van der Waals surface area contributed by atoms with Crippen molar-refractivity contribution in [3.8, 4) is 0 Å². The number of carbonyl (C=O) groups is 1. The summed E-state index contributed by atoms with van der Waals surface area (Å²) < 4.78 is 0. The van der Waals surface area contributed by atoms with Gasteiger partial charge in [-0.1, -0.05) is 13.3 Å². The molecular formula is C11H24N2OS. The molecule has 0 aliphatic heterocycles. The fourth-order valence-electron chi connectivity index (χ4n) is 1.30. The fourth-order valence-corrected chi connectivity index (χ4v) is 2.20. The van der Waals surface area contributed by atoms with Crippen LogP contribution in [-0.4, -0.2) is 30.0 Å². The summed E-state index contributed by atoms with van der Waals surface area (Å²) in [7, 11) is 1.79. The fraction of sp³-hybridized carbons (Fsp3) is 0.909. The van der Waals surface area contributed by atoms with E-state index in [-0.39, 0.29) is 5.91 Å². The Balaban J connectivity index is 3.60. The van der Waals surface area contributed by atoms with E-state index in [0.29, 0.717) is 0 Å². The van der Waals surface area contributed by atoms with Gasteiger partial charge in [0.15, 0.2) is 0 Å². The summed E-state index contributed by atoms with van der Waals surface area (Å²) in [5.41, 5.74) is 4.80. The molecule has 0 aliphatic rings. The van der Waals surface area contributed by atoms with Crippen LogP contribution in [0.5, 0.6) is 0 Å². The van der Waals surface area contributed by atoms with E-state index < -0.39 is 5.54 Å². The molecule has 4 heteroatoms. The van der Waals surface area contributed by atoms with Gasteiger partial charge in [-0.05, 0) is 44.7 Å². The number of unbranched alkanes of at least 4 members (excludes halogenated alkanes) is 1. The van der Waals surface area contributed by atoms with Crippen molar-refractivity contribution in [2.24, 2.45) is 5.73 Å². The minimum atomic E-state index is -0.532. The molecule has 0 rings (SSSR count). The highest BCUT2D eigenvalue weighted by molar-refractivity contribution is 7.99. The van der Waals surface area contributed by atoms with E-state index in [1.807, 2.05) is 18.7 Å². The second-order valence-electron chi connectivity index (χ2n) is 4.02. The van der Waals surface area contributed by atoms with Gasteiger partial charge in [0.05, 0.1) is 5.54 Å². The summed E-state index contributed by atoms with van der Waals surface area (Å²) in [4.78, 5) is 11.2. The minimum Gasteiger partial charge on any atom is -0.368 e. The van der Waals surface area contributed by atoms with Crippen LogP contribution in [0.4, 0.5) is 0 Å². The first kappa shape index (κ1) is 14.8. The molecule has 0 radical (unpaired) electrons. The molecule has 0 saturated carbocycles. The van der Waals surface area contributed by atoms with E-state index in [1.54, 1.807) is 7.05 Å². The van der Waals surface area contributed by atoms with E-state index in [0.717, 1.165) is 19.3 Å². The third kappa shape index (κ3) is 6.05. The van der Waals surface area contributed by atoms with Crippen molar-refractivity contribution in [3.05, 3.63) is 0 Å². The van der Waals surface area contributed by atoms with Crippen molar-refractivity contribution >= 4 is 17.7 Å². The van der Waals surface area contributed by atoms with E-state index in [9.17, 15) is 4.79 Å². The molecular weight excluding hydrogens is 208 g/mol. The van der Waals surface area contributed by atoms with Crippen LogP contribution in [0.25, 0.3) is 0 Å². The third-order valence-electron chi connectivity index (χ3n) is 2.66. The smallest absolute Gasteiger partial charge is 0.237 e. The molecule has 0 fully saturated rings. The number of likely N-dealkylation sites (N-methyl/N-ethyl adjacent to an activating group) is 1. The van der Waals surface area contributed by atoms with Gasteiger partial charge < -0.3 is 11.1 Å². The van der Waals surface area contributed by atoms with E-state index in [1.165, 1.54) is 17.9 Å². The topological polar surface area (TPSA) is 55.1 Å². The average molecular weight is 232 g/mol. The van der Waals surface area contributed by atoms with Gasteiger partial charge in [-0.2, -0.15) is 11.8 Å². The molecule has 0 aromatic heterocycles. The van der Waals surface area contributed by atoms with E-state index in [2.05, 4.69) is 12.2 Å². The molecule has 0 heterocycles. The molecule has 0 saturated heterocycles. The van der Waals surface area contributed by atoms with Gasteiger partial charge >= 0.3 is 0 Å². The first-order valence-electron chi connectivity index (χ1n) is 5.63. The zero-order chi connectivity index (χ0) is 11.7. The number of hydrogen-bond acceptors (Lipinski definition) is 3. The minimum absolute atomic E-state index is 0.258. The predicted octanol–water partition coefficient (Wildman–Crippen LogP) is 1.76. The summed E-state index contributed by atoms with van der Waals surface area (Å²) in [6, 6.07) is 0. The normalized spacial score (nSPS) is 14.9. The molecule has 0 bridgehead atoms. The largest absolute Gasteiger partial charge is 0.368 e. The zero-order valence-corrected chi connectivity index (χ0v) is 11.0. The van der Waals surface area contributed by atoms with Gasteiger partial charge in [-0.3, -0.25) is 4.79 Å². The Morgan fingerprint density at radius 1 is 1.40 bits per heavy atom. The molecule has 1 unspecified atom stereocenters. The van der Waals surface area contributed by atoms with Gasteiger partial charge in [0.2, 0.25) is 5.91 Å². The van der Waals surface area contributed by atoms with Crippen LogP contribution in [-0.2, 0) is 4.79 Å². The Labute approximate surface area is 97.6 Å². The van der Waals surface area contributed by atoms with Crippen LogP contribution in [0.15, 0.2) is 0 Å². The third-order valence-corrected chi connectivity index (χ3v) is 3.93. The Kier molecular flexibility index (Phi) is 7.88. The summed E-state index contributed by atoms with van der Waals surface area (Å²) in [6.45, 7) is 4.06. The van der Waals surface area contributed by atoms with Crippen molar-refractivity contribution in [1.82, 2.24) is 5.32 Å². The van der Waals surface area contributed by atoms with Gasteiger partial charge in [0.1, 0.15) is 0 Å². The quantitative estimate of drug-likeness (QED) is 0.596. The predicted molar refractivity (Wildman–Crippen MR) is 68.1 cm³/mol. The zero-order valence-electron chi connectivity index (χ0n) is 10.1. The number of nitrogens with one attached hydrogen (secondary N) is 1. The highest BCUT2D eigenvalue weighted by Gasteiger charge is 2.27. The van der Waals surface area contributed by atoms with E-state index >= 15 is 0 Å². The van der Waals surface area contributed by atoms with Crippen molar-refractivity contribution in [3.63, 3.8) is 0 Å². The van der Waals surface area contributed by atoms with Crippen LogP contribution in [0.2, 0.25) is 0 Å². The van der Waals surface area contributed by atoms with Crippen LogP contribution < -0.4 is 11.1 Å². The highest BCUT2D eigenvalue weighted by Crippen LogP contribution is 2.15. The average Bonchev–Trinajstić information content (AvgIpc) is 2.22. The van der Waals surface area contributed by atoms with Gasteiger partial charge in [0, 0.05) is 0 Å². The van der Waals surface area contributed by atoms with Crippen molar-refractivity contribution in [2.45, 2.75) is 45.1 Å². The Morgan fingerprint density at radius 2 is 2.07 bits per heavy atom. The second kappa shape index (κ2) is 7.99. The number of thioether (sulfide) groups is 1. The first-order chi connectivity index (χ1) is 7.06. The molecule has 3 nitrogen and oxygen atoms in total. The number of hydrogen-bond donors (Lipinski definition) is 2. The van der Waals surface area contributed by atoms with Crippen LogP contribution in [0.1, 0.15) is 39.5 Å². The Bertz CT molecular complexity index is 187. The van der Waals surface area contributed by atoms with Crippen LogP contribution in [0, 0.1) is 0 Å². The lowest BCUT2D eigenvalue weighted by atomic mass is 9.94. The molecule has 15 heavy (non-hydrogen) atoms. The number of nitrogens with two attached hydrogens (primary N) is 1. The van der Waals surface area contributed by atoms with Crippen LogP contribution >= 0.6 is 11.8 Å². The summed E-state index contributed by atoms with van der Waals surface area (Å²) >= 11 is 1.98. The molecule has 1 amide bonds. The SMILES string of the molecule is CCCSCCCCC(C)(NC)C(N)=O. The number of primary amides is 1. The summed E-state index contributed by atoms with van der Waals surface area (Å²) in [5, 5.41) is 3.00. The van der Waals surface area contributed by atoms with E-state index in [4.69, 9.17) is 5.73 Å². The lowest BCUT2D eigenvalue weighted by molar-refractivity contribution is -0.123. The Hall–Kier alpha value is -0.220. The molecule has 1 atom stereocenters. The van der Waals surface area contributed by atoms with Gasteiger partial charge in [-0.25, -0.2) is 0 Å². The standard InChI is InChI=1S/C11H24N2OS/c1-4-8-15-9-6-5-7-11(2,13-3)10(12)14/h13H,4-9H2,1-3H3,(H2,12,14). The lowest BCUT2D eigenvalue weighted by Gasteiger charge is -2.25. The number of amides is 1. The maximum Gasteiger partial charge on any atom is 0.237 e. The highest BCUT2D eigenvalue weighted by atomic mass is 32.2. The van der Waals surface area contributed by atoms with Gasteiger partial charge in [-0.15, -0.1) is 0 Å². The number of rotatable bonds is 9. The molecule has 0 aromatic carbocycles. The molecule has 0 aliphatic carbocycles. The maximum atomic E-state index is 11.2. The maximum absolute atomic E-state index is 11.2. The van der Waals surface area contributed by atoms with Crippen LogP contribution in [0.3, 0.4) is 0 Å². The molecule has 3 N–H and O–H groups in total. The summed E-state index contributed by atoms with van der Waals surface area (Å²) in [5.74, 6) is 2.16. The summed E-state index contributed by atoms with van der Waals surface area (Å²) in [6.07, 6.45) is 4.28. The van der Waals surface area contributed by atoms with Gasteiger partial charge in [0.25, 0.3) is 0 Å².